The van der Waals surface area contributed by atoms with E-state index in [1.165, 1.54) is 6.08 Å². The van der Waals surface area contributed by atoms with E-state index in [0.717, 1.165) is 36.8 Å². The molecular weight excluding hydrogens is 440 g/mol. The topological polar surface area (TPSA) is 84.9 Å². The number of benzene rings is 2. The summed E-state index contributed by atoms with van der Waals surface area (Å²) in [4.78, 5) is 12.5. The van der Waals surface area contributed by atoms with Gasteiger partial charge in [-0.1, -0.05) is 31.5 Å². The van der Waals surface area contributed by atoms with E-state index in [2.05, 4.69) is 5.32 Å². The summed E-state index contributed by atoms with van der Waals surface area (Å²) >= 11 is 0. The third-order valence-electron chi connectivity index (χ3n) is 5.42. The van der Waals surface area contributed by atoms with Crippen LogP contribution in [-0.2, 0) is 21.4 Å². The van der Waals surface area contributed by atoms with E-state index in [1.54, 1.807) is 41.8 Å². The Morgan fingerprint density at radius 1 is 1.06 bits per heavy atom. The Labute approximate surface area is 196 Å². The molecule has 0 unspecified atom stereocenters. The van der Waals surface area contributed by atoms with E-state index in [9.17, 15) is 13.2 Å². The predicted molar refractivity (Wildman–Crippen MR) is 129 cm³/mol. The first-order chi connectivity index (χ1) is 15.9. The largest absolute Gasteiger partial charge is 0.493 e. The summed E-state index contributed by atoms with van der Waals surface area (Å²) in [5.41, 5.74) is 1.64. The lowest BCUT2D eigenvalue weighted by Gasteiger charge is -2.25. The molecule has 178 valence electrons. The fourth-order valence-corrected chi connectivity index (χ4v) is 5.09. The molecule has 1 fully saturated rings. The quantitative estimate of drug-likeness (QED) is 0.529. The highest BCUT2D eigenvalue weighted by molar-refractivity contribution is 7.89. The zero-order valence-corrected chi connectivity index (χ0v) is 20.1. The number of nitrogens with zero attached hydrogens (tertiary/aromatic N) is 1. The Kier molecular flexibility index (Phi) is 8.91. The highest BCUT2D eigenvalue weighted by Crippen LogP contribution is 2.28. The summed E-state index contributed by atoms with van der Waals surface area (Å²) in [6, 6.07) is 12.2. The smallest absolute Gasteiger partial charge is 0.244 e. The van der Waals surface area contributed by atoms with Crippen molar-refractivity contribution in [1.29, 1.82) is 0 Å². The first-order valence-electron chi connectivity index (χ1n) is 11.3. The van der Waals surface area contributed by atoms with Gasteiger partial charge in [0.25, 0.3) is 0 Å². The minimum absolute atomic E-state index is 0.245. The van der Waals surface area contributed by atoms with E-state index < -0.39 is 10.0 Å². The van der Waals surface area contributed by atoms with Crippen LogP contribution in [0.4, 0.5) is 0 Å². The lowest BCUT2D eigenvalue weighted by Crippen LogP contribution is -2.35. The maximum Gasteiger partial charge on any atom is 0.244 e. The summed E-state index contributed by atoms with van der Waals surface area (Å²) in [5.74, 6) is 1.04. The van der Waals surface area contributed by atoms with E-state index in [0.29, 0.717) is 42.6 Å². The van der Waals surface area contributed by atoms with Gasteiger partial charge in [0.2, 0.25) is 15.9 Å². The van der Waals surface area contributed by atoms with Crippen LogP contribution in [0.3, 0.4) is 0 Å². The number of carbonyl (C=O) groups excluding carboxylic acids is 1. The van der Waals surface area contributed by atoms with Gasteiger partial charge < -0.3 is 14.8 Å². The molecule has 33 heavy (non-hydrogen) atoms. The normalized spacial score (nSPS) is 14.8. The summed E-state index contributed by atoms with van der Waals surface area (Å²) in [6.07, 6.45) is 6.94. The van der Waals surface area contributed by atoms with Crippen LogP contribution in [0.5, 0.6) is 11.5 Å². The first kappa shape index (κ1) is 24.8. The lowest BCUT2D eigenvalue weighted by molar-refractivity contribution is -0.116. The van der Waals surface area contributed by atoms with Gasteiger partial charge in [-0.2, -0.15) is 4.31 Å². The van der Waals surface area contributed by atoms with Crippen molar-refractivity contribution < 1.29 is 22.7 Å². The molecule has 1 N–H and O–H groups in total. The monoisotopic (exact) mass is 472 g/mol. The summed E-state index contributed by atoms with van der Waals surface area (Å²) in [7, 11) is -1.87. The Balaban J connectivity index is 1.55. The van der Waals surface area contributed by atoms with E-state index in [-0.39, 0.29) is 5.91 Å². The van der Waals surface area contributed by atoms with Crippen molar-refractivity contribution >= 4 is 22.0 Å². The zero-order chi connectivity index (χ0) is 23.7. The number of methoxy groups -OCH3 is 1. The molecule has 2 aromatic carbocycles. The molecule has 3 rings (SSSR count). The molecule has 7 nitrogen and oxygen atoms in total. The van der Waals surface area contributed by atoms with Crippen LogP contribution >= 0.6 is 0 Å². The fourth-order valence-electron chi connectivity index (χ4n) is 3.57. The van der Waals surface area contributed by atoms with Crippen molar-refractivity contribution in [3.05, 3.63) is 59.7 Å². The maximum atomic E-state index is 12.7. The predicted octanol–water partition coefficient (Wildman–Crippen LogP) is 3.99. The summed E-state index contributed by atoms with van der Waals surface area (Å²) in [6.45, 7) is 4.10. The highest BCUT2D eigenvalue weighted by atomic mass is 32.2. The van der Waals surface area contributed by atoms with Crippen molar-refractivity contribution in [3.63, 3.8) is 0 Å². The third-order valence-corrected chi connectivity index (χ3v) is 7.33. The molecule has 8 heteroatoms. The number of ether oxygens (including phenoxy) is 2. The van der Waals surface area contributed by atoms with Crippen molar-refractivity contribution in [2.75, 3.05) is 26.8 Å². The van der Waals surface area contributed by atoms with Crippen molar-refractivity contribution in [1.82, 2.24) is 9.62 Å². The van der Waals surface area contributed by atoms with Gasteiger partial charge in [-0.05, 0) is 60.7 Å². The molecule has 0 spiro atoms. The summed E-state index contributed by atoms with van der Waals surface area (Å²) < 4.78 is 38.0. The van der Waals surface area contributed by atoms with Crippen molar-refractivity contribution in [2.24, 2.45) is 0 Å². The minimum atomic E-state index is -3.45. The second-order valence-corrected chi connectivity index (χ2v) is 9.86. The molecule has 0 bridgehead atoms. The Morgan fingerprint density at radius 3 is 2.45 bits per heavy atom. The Morgan fingerprint density at radius 2 is 1.79 bits per heavy atom. The number of sulfonamides is 1. The Bertz CT molecular complexity index is 1060. The standard InChI is InChI=1S/C25H32N2O5S/c1-3-17-32-23-13-9-20(18-24(23)31-2)10-14-25(28)26-19-21-7-11-22(12-8-21)33(29,30)27-15-5-4-6-16-27/h7-14,18H,3-6,15-17,19H2,1-2H3,(H,26,28). The fraction of sp³-hybridized carbons (Fsp3) is 0.400. The van der Waals surface area contributed by atoms with Crippen LogP contribution in [0.25, 0.3) is 6.08 Å². The number of piperidine rings is 1. The lowest BCUT2D eigenvalue weighted by atomic mass is 10.2. The number of nitrogens with one attached hydrogen (secondary N) is 1. The third kappa shape index (κ3) is 6.82. The second-order valence-electron chi connectivity index (χ2n) is 7.92. The van der Waals surface area contributed by atoms with Gasteiger partial charge in [0, 0.05) is 25.7 Å². The molecule has 1 aliphatic heterocycles. The van der Waals surface area contributed by atoms with Crippen LogP contribution in [0, 0.1) is 0 Å². The molecule has 0 atom stereocenters. The molecule has 0 aromatic heterocycles. The molecule has 2 aromatic rings. The Hall–Kier alpha value is -2.84. The van der Waals surface area contributed by atoms with Gasteiger partial charge in [-0.15, -0.1) is 0 Å². The van der Waals surface area contributed by atoms with Gasteiger partial charge in [-0.25, -0.2) is 8.42 Å². The maximum absolute atomic E-state index is 12.7. The van der Waals surface area contributed by atoms with Gasteiger partial charge in [0.05, 0.1) is 18.6 Å². The average Bonchev–Trinajstić information content (AvgIpc) is 2.85. The average molecular weight is 473 g/mol. The van der Waals surface area contributed by atoms with E-state index in [4.69, 9.17) is 9.47 Å². The molecule has 0 radical (unpaired) electrons. The van der Waals surface area contributed by atoms with Gasteiger partial charge in [0.1, 0.15) is 0 Å². The highest BCUT2D eigenvalue weighted by Gasteiger charge is 2.25. The minimum Gasteiger partial charge on any atom is -0.493 e. The zero-order valence-electron chi connectivity index (χ0n) is 19.2. The number of hydrogen-bond donors (Lipinski definition) is 1. The van der Waals surface area contributed by atoms with Crippen LogP contribution < -0.4 is 14.8 Å². The van der Waals surface area contributed by atoms with E-state index >= 15 is 0 Å². The van der Waals surface area contributed by atoms with Crippen LogP contribution in [0.15, 0.2) is 53.4 Å². The SMILES string of the molecule is CCCOc1ccc(C=CC(=O)NCc2ccc(S(=O)(=O)N3CCCCC3)cc2)cc1OC. The summed E-state index contributed by atoms with van der Waals surface area (Å²) in [5, 5.41) is 2.82. The van der Waals surface area contributed by atoms with Crippen LogP contribution in [0.2, 0.25) is 0 Å². The number of amides is 1. The van der Waals surface area contributed by atoms with Gasteiger partial charge in [0.15, 0.2) is 11.5 Å². The van der Waals surface area contributed by atoms with Crippen molar-refractivity contribution in [2.45, 2.75) is 44.0 Å². The molecule has 1 heterocycles. The molecule has 1 aliphatic rings. The van der Waals surface area contributed by atoms with Gasteiger partial charge >= 0.3 is 0 Å². The number of carbonyl (C=O) groups is 1. The second kappa shape index (κ2) is 11.9. The molecular formula is C25H32N2O5S. The number of hydrogen-bond acceptors (Lipinski definition) is 5. The molecule has 0 aliphatic carbocycles. The first-order valence-corrected chi connectivity index (χ1v) is 12.7. The molecule has 0 saturated carbocycles. The van der Waals surface area contributed by atoms with Crippen LogP contribution in [0.1, 0.15) is 43.7 Å². The van der Waals surface area contributed by atoms with Crippen molar-refractivity contribution in [3.8, 4) is 11.5 Å². The molecule has 1 amide bonds. The number of rotatable bonds is 10. The molecule has 1 saturated heterocycles. The van der Waals surface area contributed by atoms with E-state index in [1.807, 2.05) is 25.1 Å². The van der Waals surface area contributed by atoms with Crippen LogP contribution in [-0.4, -0.2) is 45.4 Å². The van der Waals surface area contributed by atoms with Gasteiger partial charge in [-0.3, -0.25) is 4.79 Å².